The van der Waals surface area contributed by atoms with Gasteiger partial charge in [-0.3, -0.25) is 0 Å². The van der Waals surface area contributed by atoms with E-state index in [4.69, 9.17) is 0 Å². The average molecular weight is 1040 g/mol. The van der Waals surface area contributed by atoms with Gasteiger partial charge in [0.25, 0.3) is 0 Å². The predicted octanol–water partition coefficient (Wildman–Crippen LogP) is 20.8. The van der Waals surface area contributed by atoms with E-state index in [0.29, 0.717) is 0 Å². The largest absolute Gasteiger partial charge is 0.312 e. The number of rotatable bonds is 6. The molecule has 1 aliphatic carbocycles. The maximum absolute atomic E-state index is 2.57. The molecule has 0 unspecified atom stereocenters. The van der Waals surface area contributed by atoms with Gasteiger partial charge in [-0.1, -0.05) is 194 Å². The van der Waals surface area contributed by atoms with Crippen LogP contribution in [0.1, 0.15) is 11.3 Å². The van der Waals surface area contributed by atoms with Crippen LogP contribution in [0.2, 0.25) is 0 Å². The van der Waals surface area contributed by atoms with Crippen LogP contribution in [-0.2, 0) is 12.8 Å². The number of nitrogens with zero attached hydrogens (tertiary/aromatic N) is 4. The molecular weight excluding hydrogens is 993 g/mol. The summed E-state index contributed by atoms with van der Waals surface area (Å²) in [6.07, 6.45) is 1.98. The van der Waals surface area contributed by atoms with E-state index in [-0.39, 0.29) is 0 Å². The molecule has 18 rings (SSSR count). The van der Waals surface area contributed by atoms with Gasteiger partial charge in [0.1, 0.15) is 0 Å². The van der Waals surface area contributed by atoms with Crippen LogP contribution in [0, 0.1) is 0 Å². The van der Waals surface area contributed by atoms with Crippen molar-refractivity contribution in [3.05, 3.63) is 290 Å². The number of aryl methyl sites for hydroxylation is 1. The molecule has 0 fully saturated rings. The van der Waals surface area contributed by atoms with Gasteiger partial charge in [0.05, 0.1) is 27.6 Å². The minimum atomic E-state index is 0.970. The number of aromatic nitrogens is 3. The summed E-state index contributed by atoms with van der Waals surface area (Å²) in [6, 6.07) is 104. The summed E-state index contributed by atoms with van der Waals surface area (Å²) in [5, 5.41) is 18.9. The second kappa shape index (κ2) is 17.4. The summed E-state index contributed by atoms with van der Waals surface area (Å²) in [4.78, 5) is 2.43. The average Bonchev–Trinajstić information content (AvgIpc) is 3.28. The van der Waals surface area contributed by atoms with E-state index >= 15 is 0 Å². The third-order valence-electron chi connectivity index (χ3n) is 18.1. The molecule has 0 radical (unpaired) electrons. The van der Waals surface area contributed by atoms with Gasteiger partial charge in [0.15, 0.2) is 0 Å². The van der Waals surface area contributed by atoms with E-state index in [2.05, 4.69) is 298 Å². The molecule has 0 bridgehead atoms. The van der Waals surface area contributed by atoms with Crippen molar-refractivity contribution < 1.29 is 0 Å². The lowest BCUT2D eigenvalue weighted by Crippen LogP contribution is -2.11. The van der Waals surface area contributed by atoms with Crippen molar-refractivity contribution in [1.82, 2.24) is 13.7 Å². The minimum absolute atomic E-state index is 0.970. The number of anilines is 3. The van der Waals surface area contributed by atoms with E-state index in [0.717, 1.165) is 47.0 Å². The molecule has 3 aromatic heterocycles. The summed E-state index contributed by atoms with van der Waals surface area (Å²) in [6.45, 7) is 0. The summed E-state index contributed by atoms with van der Waals surface area (Å²) >= 11 is 0. The van der Waals surface area contributed by atoms with Crippen LogP contribution in [0.4, 0.5) is 17.1 Å². The SMILES string of the molecule is c1ccc2c(c1)CCc1c-2c2ccc3ccccc3c2n1-c1ccc(N(c2ccc(-n3c4ccc5ccccc5c4c4ccc5ccccc5c43)cc2)c2ccc(-n3c4ccc5ccccc5c4c4ccc5ccccc5c43)cc2)cc1. The first-order valence-electron chi connectivity index (χ1n) is 28.6. The Morgan fingerprint density at radius 1 is 0.256 bits per heavy atom. The molecule has 0 aliphatic heterocycles. The third-order valence-corrected chi connectivity index (χ3v) is 18.1. The first-order chi connectivity index (χ1) is 40.7. The molecule has 382 valence electrons. The zero-order valence-electron chi connectivity index (χ0n) is 44.8. The van der Waals surface area contributed by atoms with Crippen LogP contribution in [-0.4, -0.2) is 13.7 Å². The molecule has 17 aromatic rings. The van der Waals surface area contributed by atoms with E-state index in [1.165, 1.54) is 131 Å². The van der Waals surface area contributed by atoms with Crippen LogP contribution in [0.25, 0.3) is 137 Å². The van der Waals surface area contributed by atoms with Gasteiger partial charge >= 0.3 is 0 Å². The third kappa shape index (κ3) is 6.49. The molecule has 1 aliphatic rings. The molecule has 0 amide bonds. The number of hydrogen-bond acceptors (Lipinski definition) is 1. The Morgan fingerprint density at radius 3 is 1.07 bits per heavy atom. The maximum Gasteiger partial charge on any atom is 0.0619 e. The zero-order valence-corrected chi connectivity index (χ0v) is 44.8. The minimum Gasteiger partial charge on any atom is -0.312 e. The summed E-state index contributed by atoms with van der Waals surface area (Å²) < 4.78 is 7.54. The highest BCUT2D eigenvalue weighted by molar-refractivity contribution is 6.27. The fourth-order valence-electron chi connectivity index (χ4n) is 14.5. The van der Waals surface area contributed by atoms with Crippen molar-refractivity contribution >= 4 is 125 Å². The number of fused-ring (bicyclic) bond motifs is 21. The lowest BCUT2D eigenvalue weighted by atomic mass is 9.88. The molecule has 0 N–H and O–H groups in total. The molecular formula is C78H50N4. The molecule has 0 spiro atoms. The molecule has 0 saturated carbocycles. The van der Waals surface area contributed by atoms with E-state index in [1.807, 2.05) is 0 Å². The predicted molar refractivity (Wildman–Crippen MR) is 347 cm³/mol. The van der Waals surface area contributed by atoms with Crippen LogP contribution in [0.15, 0.2) is 279 Å². The molecule has 14 aromatic carbocycles. The smallest absolute Gasteiger partial charge is 0.0619 e. The van der Waals surface area contributed by atoms with E-state index in [1.54, 1.807) is 0 Å². The second-order valence-electron chi connectivity index (χ2n) is 22.3. The fourth-order valence-corrected chi connectivity index (χ4v) is 14.5. The molecule has 0 atom stereocenters. The Bertz CT molecular complexity index is 5270. The highest BCUT2D eigenvalue weighted by atomic mass is 15.1. The fraction of sp³-hybridized carbons (Fsp3) is 0.0256. The van der Waals surface area contributed by atoms with Crippen molar-refractivity contribution in [1.29, 1.82) is 0 Å². The quantitative estimate of drug-likeness (QED) is 0.162. The highest BCUT2D eigenvalue weighted by Crippen LogP contribution is 2.47. The van der Waals surface area contributed by atoms with Crippen molar-refractivity contribution in [2.45, 2.75) is 12.8 Å². The molecule has 4 heteroatoms. The molecule has 0 saturated heterocycles. The lowest BCUT2D eigenvalue weighted by Gasteiger charge is -2.27. The van der Waals surface area contributed by atoms with Crippen molar-refractivity contribution in [3.63, 3.8) is 0 Å². The highest BCUT2D eigenvalue weighted by Gasteiger charge is 2.27. The molecule has 82 heavy (non-hydrogen) atoms. The first kappa shape index (κ1) is 45.2. The number of benzene rings is 14. The Kier molecular flexibility index (Phi) is 9.60. The zero-order chi connectivity index (χ0) is 53.6. The van der Waals surface area contributed by atoms with Gasteiger partial charge in [-0.2, -0.15) is 0 Å². The monoisotopic (exact) mass is 1040 g/mol. The Morgan fingerprint density at radius 2 is 0.610 bits per heavy atom. The molecule has 4 nitrogen and oxygen atoms in total. The van der Waals surface area contributed by atoms with Crippen LogP contribution in [0.5, 0.6) is 0 Å². The van der Waals surface area contributed by atoms with Crippen LogP contribution < -0.4 is 4.90 Å². The van der Waals surface area contributed by atoms with Gasteiger partial charge in [0, 0.05) is 88.5 Å². The van der Waals surface area contributed by atoms with Crippen molar-refractivity contribution in [3.8, 4) is 28.2 Å². The summed E-state index contributed by atoms with van der Waals surface area (Å²) in [5.41, 5.74) is 18.2. The van der Waals surface area contributed by atoms with Crippen molar-refractivity contribution in [2.75, 3.05) is 4.90 Å². The van der Waals surface area contributed by atoms with Gasteiger partial charge in [-0.05, 0) is 147 Å². The normalized spacial score (nSPS) is 12.5. The van der Waals surface area contributed by atoms with Crippen LogP contribution in [0.3, 0.4) is 0 Å². The molecule has 3 heterocycles. The Balaban J connectivity index is 0.830. The van der Waals surface area contributed by atoms with Gasteiger partial charge in [-0.25, -0.2) is 0 Å². The van der Waals surface area contributed by atoms with E-state index < -0.39 is 0 Å². The van der Waals surface area contributed by atoms with Gasteiger partial charge < -0.3 is 18.6 Å². The van der Waals surface area contributed by atoms with E-state index in [9.17, 15) is 0 Å². The lowest BCUT2D eigenvalue weighted by molar-refractivity contribution is 0.866. The number of hydrogen-bond donors (Lipinski definition) is 0. The first-order valence-corrected chi connectivity index (χ1v) is 28.6. The maximum atomic E-state index is 2.57. The standard InChI is InChI=1S/C78H50N4/c1-7-19-61-49(13-1)28-46-70-73(61)67-43-25-52-16-4-10-22-64(52)76(67)80(70)58-37-31-55(32-38-58)79(56-33-39-59(40-34-56)81-71-47-29-50-14-2-8-20-62(50)74(71)68-44-26-53-17-5-11-23-65(53)77(68)81)57-35-41-60(42-36-57)82-72-48-30-51-15-3-9-21-63(51)75(72)69-45-27-54-18-6-12-24-66(54)78(69)82/h1-29,31-47H,30,48H2. The topological polar surface area (TPSA) is 18.0 Å². The Hall–Kier alpha value is -10.7. The van der Waals surface area contributed by atoms with Gasteiger partial charge in [-0.15, -0.1) is 0 Å². The summed E-state index contributed by atoms with van der Waals surface area (Å²) in [7, 11) is 0. The van der Waals surface area contributed by atoms with Crippen molar-refractivity contribution in [2.24, 2.45) is 0 Å². The van der Waals surface area contributed by atoms with Crippen LogP contribution >= 0.6 is 0 Å². The second-order valence-corrected chi connectivity index (χ2v) is 22.3. The van der Waals surface area contributed by atoms with Gasteiger partial charge in [0.2, 0.25) is 0 Å². The Labute approximate surface area is 472 Å². The summed E-state index contributed by atoms with van der Waals surface area (Å²) in [5.74, 6) is 0.